The number of fused-ring (bicyclic) bond motifs is 1. The van der Waals surface area contributed by atoms with E-state index < -0.39 is 5.91 Å². The molecule has 0 saturated heterocycles. The number of benzene rings is 2. The average molecular weight is 416 g/mol. The minimum absolute atomic E-state index is 0.219. The van der Waals surface area contributed by atoms with Crippen molar-refractivity contribution in [1.29, 1.82) is 0 Å². The van der Waals surface area contributed by atoms with Crippen LogP contribution in [-0.2, 0) is 11.3 Å². The molecule has 2 amide bonds. The van der Waals surface area contributed by atoms with Gasteiger partial charge < -0.3 is 10.6 Å². The molecule has 0 unspecified atom stereocenters. The summed E-state index contributed by atoms with van der Waals surface area (Å²) in [6, 6.07) is 16.0. The first-order chi connectivity index (χ1) is 15.1. The summed E-state index contributed by atoms with van der Waals surface area (Å²) in [5, 5.41) is 9.99. The number of hydrogen-bond donors (Lipinski definition) is 2. The Bertz CT molecular complexity index is 1310. The topological polar surface area (TPSA) is 111 Å². The van der Waals surface area contributed by atoms with Gasteiger partial charge in [-0.25, -0.2) is 9.67 Å². The highest BCUT2D eigenvalue weighted by Gasteiger charge is 2.14. The third-order valence-electron chi connectivity index (χ3n) is 4.62. The number of anilines is 1. The molecule has 0 aliphatic rings. The van der Waals surface area contributed by atoms with Crippen LogP contribution in [0.15, 0.2) is 71.9 Å². The van der Waals surface area contributed by atoms with E-state index in [0.29, 0.717) is 28.8 Å². The lowest BCUT2D eigenvalue weighted by molar-refractivity contribution is -0.116. The van der Waals surface area contributed by atoms with Gasteiger partial charge in [0.15, 0.2) is 5.65 Å². The van der Waals surface area contributed by atoms with Gasteiger partial charge in [0.05, 0.1) is 11.9 Å². The second-order valence-corrected chi connectivity index (χ2v) is 6.80. The van der Waals surface area contributed by atoms with Gasteiger partial charge in [0.1, 0.15) is 18.3 Å². The molecular weight excluding hydrogens is 396 g/mol. The fourth-order valence-corrected chi connectivity index (χ4v) is 3.18. The zero-order valence-corrected chi connectivity index (χ0v) is 16.8. The molecule has 2 aromatic heterocycles. The summed E-state index contributed by atoms with van der Waals surface area (Å²) in [5.41, 5.74) is 1.74. The molecule has 0 radical (unpaired) electrons. The Morgan fingerprint density at radius 2 is 1.87 bits per heavy atom. The van der Waals surface area contributed by atoms with E-state index in [4.69, 9.17) is 0 Å². The predicted molar refractivity (Wildman–Crippen MR) is 116 cm³/mol. The summed E-state index contributed by atoms with van der Waals surface area (Å²) in [6.45, 7) is 2.12. The lowest BCUT2D eigenvalue weighted by Gasteiger charge is -2.09. The predicted octanol–water partition coefficient (Wildman–Crippen LogP) is 1.97. The number of carbonyl (C=O) groups excluding carboxylic acids is 2. The van der Waals surface area contributed by atoms with E-state index in [1.54, 1.807) is 28.9 Å². The second-order valence-electron chi connectivity index (χ2n) is 6.80. The average Bonchev–Trinajstić information content (AvgIpc) is 3.21. The normalized spacial score (nSPS) is 10.7. The van der Waals surface area contributed by atoms with E-state index in [9.17, 15) is 14.4 Å². The number of nitrogens with zero attached hydrogens (tertiary/aromatic N) is 4. The summed E-state index contributed by atoms with van der Waals surface area (Å²) in [7, 11) is 0. The molecule has 0 bridgehead atoms. The van der Waals surface area contributed by atoms with Crippen LogP contribution < -0.4 is 16.2 Å². The van der Waals surface area contributed by atoms with Crippen molar-refractivity contribution in [3.05, 3.63) is 83.0 Å². The molecule has 0 aliphatic carbocycles. The summed E-state index contributed by atoms with van der Waals surface area (Å²) in [6.07, 6.45) is 2.78. The smallest absolute Gasteiger partial charge is 0.264 e. The van der Waals surface area contributed by atoms with Gasteiger partial charge in [-0.05, 0) is 37.3 Å². The molecule has 9 heteroatoms. The number of nitrogens with one attached hydrogen (secondary N) is 2. The van der Waals surface area contributed by atoms with Crippen molar-refractivity contribution in [2.75, 3.05) is 11.9 Å². The standard InChI is InChI=1S/C22H20N6O3/c1-2-23-21(30)15-7-6-8-16(11-15)26-19(29)13-27-14-24-20-18(22(27)31)12-25-28(20)17-9-4-3-5-10-17/h3-12,14H,2,13H2,1H3,(H,23,30)(H,26,29). The molecule has 4 rings (SSSR count). The molecule has 0 aliphatic heterocycles. The fourth-order valence-electron chi connectivity index (χ4n) is 3.18. The zero-order chi connectivity index (χ0) is 21.8. The van der Waals surface area contributed by atoms with Crippen LogP contribution in [0.25, 0.3) is 16.7 Å². The first-order valence-electron chi connectivity index (χ1n) is 9.73. The molecule has 2 aromatic carbocycles. The maximum Gasteiger partial charge on any atom is 0.264 e. The third-order valence-corrected chi connectivity index (χ3v) is 4.62. The van der Waals surface area contributed by atoms with E-state index >= 15 is 0 Å². The number of hydrogen-bond acceptors (Lipinski definition) is 5. The highest BCUT2D eigenvalue weighted by atomic mass is 16.2. The minimum Gasteiger partial charge on any atom is -0.352 e. The van der Waals surface area contributed by atoms with Crippen LogP contribution in [0.4, 0.5) is 5.69 Å². The number of carbonyl (C=O) groups is 2. The van der Waals surface area contributed by atoms with E-state index in [1.807, 2.05) is 37.3 Å². The zero-order valence-electron chi connectivity index (χ0n) is 16.8. The first kappa shape index (κ1) is 20.0. The van der Waals surface area contributed by atoms with Crippen LogP contribution in [-0.4, -0.2) is 37.7 Å². The molecule has 0 spiro atoms. The molecule has 0 saturated carbocycles. The van der Waals surface area contributed by atoms with Crippen molar-refractivity contribution >= 4 is 28.5 Å². The first-order valence-corrected chi connectivity index (χ1v) is 9.73. The van der Waals surface area contributed by atoms with Crippen LogP contribution in [0.2, 0.25) is 0 Å². The van der Waals surface area contributed by atoms with Gasteiger partial charge in [-0.3, -0.25) is 19.0 Å². The molecule has 0 atom stereocenters. The van der Waals surface area contributed by atoms with Gasteiger partial charge in [0.25, 0.3) is 11.5 Å². The number of rotatable bonds is 6. The van der Waals surface area contributed by atoms with Gasteiger partial charge in [0.2, 0.25) is 5.91 Å². The van der Waals surface area contributed by atoms with Gasteiger partial charge in [-0.1, -0.05) is 24.3 Å². The highest BCUT2D eigenvalue weighted by Crippen LogP contribution is 2.13. The Hall–Kier alpha value is -4.27. The van der Waals surface area contributed by atoms with Crippen molar-refractivity contribution in [3.63, 3.8) is 0 Å². The molecular formula is C22H20N6O3. The van der Waals surface area contributed by atoms with Crippen molar-refractivity contribution in [1.82, 2.24) is 24.6 Å². The SMILES string of the molecule is CCNC(=O)c1cccc(NC(=O)Cn2cnc3c(cnn3-c3ccccc3)c2=O)c1. The Balaban J connectivity index is 1.53. The number of aromatic nitrogens is 4. The van der Waals surface area contributed by atoms with Crippen LogP contribution in [0.3, 0.4) is 0 Å². The Morgan fingerprint density at radius 3 is 2.65 bits per heavy atom. The van der Waals surface area contributed by atoms with Crippen LogP contribution in [0.5, 0.6) is 0 Å². The Labute approximate surface area is 177 Å². The Kier molecular flexibility index (Phi) is 5.57. The maximum absolute atomic E-state index is 12.8. The molecule has 31 heavy (non-hydrogen) atoms. The lowest BCUT2D eigenvalue weighted by Crippen LogP contribution is -2.28. The third kappa shape index (κ3) is 4.20. The minimum atomic E-state index is -0.410. The molecule has 0 fully saturated rings. The van der Waals surface area contributed by atoms with E-state index in [2.05, 4.69) is 20.7 Å². The maximum atomic E-state index is 12.8. The number of amides is 2. The molecule has 2 heterocycles. The van der Waals surface area contributed by atoms with Gasteiger partial charge in [-0.2, -0.15) is 5.10 Å². The van der Waals surface area contributed by atoms with Crippen LogP contribution in [0.1, 0.15) is 17.3 Å². The highest BCUT2D eigenvalue weighted by molar-refractivity contribution is 5.97. The quantitative estimate of drug-likeness (QED) is 0.499. The summed E-state index contributed by atoms with van der Waals surface area (Å²) in [5.74, 6) is -0.633. The molecule has 9 nitrogen and oxygen atoms in total. The van der Waals surface area contributed by atoms with Crippen molar-refractivity contribution < 1.29 is 9.59 Å². The fraction of sp³-hybridized carbons (Fsp3) is 0.136. The lowest BCUT2D eigenvalue weighted by atomic mass is 10.2. The van der Waals surface area contributed by atoms with Gasteiger partial charge >= 0.3 is 0 Å². The number of para-hydroxylation sites is 1. The van der Waals surface area contributed by atoms with Crippen LogP contribution >= 0.6 is 0 Å². The van der Waals surface area contributed by atoms with E-state index in [-0.39, 0.29) is 18.0 Å². The molecule has 4 aromatic rings. The monoisotopic (exact) mass is 416 g/mol. The van der Waals surface area contributed by atoms with Crippen molar-refractivity contribution in [3.8, 4) is 5.69 Å². The summed E-state index contributed by atoms with van der Waals surface area (Å²) in [4.78, 5) is 41.6. The van der Waals surface area contributed by atoms with E-state index in [0.717, 1.165) is 5.69 Å². The largest absolute Gasteiger partial charge is 0.352 e. The second kappa shape index (κ2) is 8.62. The van der Waals surface area contributed by atoms with Crippen molar-refractivity contribution in [2.45, 2.75) is 13.5 Å². The molecule has 2 N–H and O–H groups in total. The van der Waals surface area contributed by atoms with Crippen molar-refractivity contribution in [2.24, 2.45) is 0 Å². The summed E-state index contributed by atoms with van der Waals surface area (Å²) < 4.78 is 2.80. The molecule has 156 valence electrons. The van der Waals surface area contributed by atoms with Gasteiger partial charge in [0, 0.05) is 17.8 Å². The van der Waals surface area contributed by atoms with Gasteiger partial charge in [-0.15, -0.1) is 0 Å². The summed E-state index contributed by atoms with van der Waals surface area (Å²) >= 11 is 0. The van der Waals surface area contributed by atoms with Crippen LogP contribution in [0, 0.1) is 0 Å². The Morgan fingerprint density at radius 1 is 1.06 bits per heavy atom. The van der Waals surface area contributed by atoms with E-state index in [1.165, 1.54) is 17.1 Å².